The molecule has 0 spiro atoms. The predicted molar refractivity (Wildman–Crippen MR) is 109 cm³/mol. The molecule has 1 saturated heterocycles. The van der Waals surface area contributed by atoms with Crippen molar-refractivity contribution in [1.82, 2.24) is 4.90 Å². The minimum absolute atomic E-state index is 0.0493. The second-order valence-corrected chi connectivity index (χ2v) is 6.74. The van der Waals surface area contributed by atoms with Gasteiger partial charge in [0.2, 0.25) is 0 Å². The molecule has 1 N–H and O–H groups in total. The number of para-hydroxylation sites is 2. The van der Waals surface area contributed by atoms with Gasteiger partial charge in [-0.1, -0.05) is 23.7 Å². The molecule has 0 atom stereocenters. The van der Waals surface area contributed by atoms with Gasteiger partial charge in [0.25, 0.3) is 5.69 Å². The van der Waals surface area contributed by atoms with E-state index in [-0.39, 0.29) is 16.4 Å². The number of carbonyl (C=O) groups is 2. The summed E-state index contributed by atoms with van der Waals surface area (Å²) in [7, 11) is 1.60. The molecule has 152 valence electrons. The summed E-state index contributed by atoms with van der Waals surface area (Å²) >= 11 is 5.75. The Morgan fingerprint density at radius 2 is 1.83 bits per heavy atom. The molecule has 0 bridgehead atoms. The highest BCUT2D eigenvalue weighted by atomic mass is 35.5. The SMILES string of the molecule is COc1ccccc1N1CCN(C(=O)C(=O)Nc2ccc(Cl)c([N+](=O)[O-])c2)CC1. The van der Waals surface area contributed by atoms with Crippen molar-refractivity contribution >= 4 is 40.5 Å². The number of benzene rings is 2. The topological polar surface area (TPSA) is 105 Å². The van der Waals surface area contributed by atoms with Crippen molar-refractivity contribution in [3.8, 4) is 5.75 Å². The van der Waals surface area contributed by atoms with E-state index in [1.54, 1.807) is 7.11 Å². The first-order valence-electron chi connectivity index (χ1n) is 8.83. The lowest BCUT2D eigenvalue weighted by Gasteiger charge is -2.36. The number of nitrogens with zero attached hydrogens (tertiary/aromatic N) is 3. The molecule has 0 saturated carbocycles. The molecule has 3 rings (SSSR count). The molecule has 1 aliphatic heterocycles. The largest absolute Gasteiger partial charge is 0.495 e. The number of nitrogens with one attached hydrogen (secondary N) is 1. The van der Waals surface area contributed by atoms with Gasteiger partial charge in [0.05, 0.1) is 17.7 Å². The van der Waals surface area contributed by atoms with Gasteiger partial charge < -0.3 is 19.9 Å². The molecule has 2 amide bonds. The predicted octanol–water partition coefficient (Wildman–Crippen LogP) is 2.54. The van der Waals surface area contributed by atoms with Gasteiger partial charge >= 0.3 is 11.8 Å². The van der Waals surface area contributed by atoms with E-state index < -0.39 is 16.7 Å². The summed E-state index contributed by atoms with van der Waals surface area (Å²) in [5.41, 5.74) is 0.717. The summed E-state index contributed by atoms with van der Waals surface area (Å²) in [5.74, 6) is -0.802. The summed E-state index contributed by atoms with van der Waals surface area (Å²) in [6.45, 7) is 1.83. The van der Waals surface area contributed by atoms with Crippen LogP contribution >= 0.6 is 11.6 Å². The average molecular weight is 419 g/mol. The van der Waals surface area contributed by atoms with E-state index in [4.69, 9.17) is 16.3 Å². The Labute approximate surface area is 171 Å². The minimum atomic E-state index is -0.854. The molecular formula is C19H19ClN4O5. The van der Waals surface area contributed by atoms with Crippen LogP contribution in [-0.2, 0) is 9.59 Å². The number of nitro benzene ring substituents is 1. The number of piperazine rings is 1. The maximum absolute atomic E-state index is 12.5. The van der Waals surface area contributed by atoms with Gasteiger partial charge in [-0.05, 0) is 24.3 Å². The van der Waals surface area contributed by atoms with Gasteiger partial charge in [-0.15, -0.1) is 0 Å². The molecular weight excluding hydrogens is 400 g/mol. The lowest BCUT2D eigenvalue weighted by Crippen LogP contribution is -2.51. The Bertz CT molecular complexity index is 944. The van der Waals surface area contributed by atoms with E-state index in [2.05, 4.69) is 10.2 Å². The van der Waals surface area contributed by atoms with Crippen molar-refractivity contribution in [2.75, 3.05) is 43.5 Å². The van der Waals surface area contributed by atoms with Crippen LogP contribution in [0.15, 0.2) is 42.5 Å². The Balaban J connectivity index is 1.61. The first-order valence-corrected chi connectivity index (χ1v) is 9.20. The molecule has 0 unspecified atom stereocenters. The lowest BCUT2D eigenvalue weighted by atomic mass is 10.2. The Morgan fingerprint density at radius 3 is 2.48 bits per heavy atom. The summed E-state index contributed by atoms with van der Waals surface area (Å²) in [5, 5.41) is 13.3. The van der Waals surface area contributed by atoms with Gasteiger partial charge in [-0.2, -0.15) is 0 Å². The molecule has 9 nitrogen and oxygen atoms in total. The Morgan fingerprint density at radius 1 is 1.14 bits per heavy atom. The number of hydrogen-bond acceptors (Lipinski definition) is 6. The van der Waals surface area contributed by atoms with Crippen LogP contribution in [0.1, 0.15) is 0 Å². The molecule has 0 radical (unpaired) electrons. The van der Waals surface area contributed by atoms with Gasteiger partial charge in [0.1, 0.15) is 10.8 Å². The van der Waals surface area contributed by atoms with Crippen LogP contribution in [0.25, 0.3) is 0 Å². The summed E-state index contributed by atoms with van der Waals surface area (Å²) in [6.07, 6.45) is 0. The van der Waals surface area contributed by atoms with Crippen LogP contribution in [0.3, 0.4) is 0 Å². The maximum Gasteiger partial charge on any atom is 0.313 e. The van der Waals surface area contributed by atoms with Gasteiger partial charge in [-0.25, -0.2) is 0 Å². The highest BCUT2D eigenvalue weighted by Crippen LogP contribution is 2.29. The third-order valence-corrected chi connectivity index (χ3v) is 4.91. The van der Waals surface area contributed by atoms with E-state index in [1.165, 1.54) is 17.0 Å². The summed E-state index contributed by atoms with van der Waals surface area (Å²) < 4.78 is 5.37. The standard InChI is InChI=1S/C19H19ClN4O5/c1-29-17-5-3-2-4-15(17)22-8-10-23(11-9-22)19(26)18(25)21-13-6-7-14(20)16(12-13)24(27)28/h2-7,12H,8-11H2,1H3,(H,21,25). The van der Waals surface area contributed by atoms with Gasteiger partial charge in [0, 0.05) is 37.9 Å². The third-order valence-electron chi connectivity index (χ3n) is 4.59. The zero-order valence-corrected chi connectivity index (χ0v) is 16.4. The van der Waals surface area contributed by atoms with E-state index in [9.17, 15) is 19.7 Å². The number of anilines is 2. The Kier molecular flexibility index (Phi) is 6.18. The van der Waals surface area contributed by atoms with Crippen LogP contribution in [0.2, 0.25) is 5.02 Å². The number of amides is 2. The molecule has 2 aromatic rings. The van der Waals surface area contributed by atoms with Crippen LogP contribution < -0.4 is 15.0 Å². The van der Waals surface area contributed by atoms with Crippen molar-refractivity contribution in [2.45, 2.75) is 0 Å². The van der Waals surface area contributed by atoms with Crippen molar-refractivity contribution < 1.29 is 19.2 Å². The zero-order chi connectivity index (χ0) is 21.0. The second-order valence-electron chi connectivity index (χ2n) is 6.33. The molecule has 0 aromatic heterocycles. The fraction of sp³-hybridized carbons (Fsp3) is 0.263. The minimum Gasteiger partial charge on any atom is -0.495 e. The summed E-state index contributed by atoms with van der Waals surface area (Å²) in [6, 6.07) is 11.4. The van der Waals surface area contributed by atoms with Crippen molar-refractivity contribution in [2.24, 2.45) is 0 Å². The second kappa shape index (κ2) is 8.78. The fourth-order valence-electron chi connectivity index (χ4n) is 3.10. The average Bonchev–Trinajstić information content (AvgIpc) is 2.74. The van der Waals surface area contributed by atoms with Crippen LogP contribution in [-0.4, -0.2) is 54.9 Å². The molecule has 2 aromatic carbocycles. The number of methoxy groups -OCH3 is 1. The number of halogens is 1. The molecule has 0 aliphatic carbocycles. The van der Waals surface area contributed by atoms with Crippen LogP contribution in [0, 0.1) is 10.1 Å². The van der Waals surface area contributed by atoms with E-state index in [1.807, 2.05) is 24.3 Å². The lowest BCUT2D eigenvalue weighted by molar-refractivity contribution is -0.384. The van der Waals surface area contributed by atoms with E-state index >= 15 is 0 Å². The number of ether oxygens (including phenoxy) is 1. The summed E-state index contributed by atoms with van der Waals surface area (Å²) in [4.78, 5) is 38.6. The molecule has 10 heteroatoms. The first kappa shape index (κ1) is 20.4. The molecule has 1 aliphatic rings. The monoisotopic (exact) mass is 418 g/mol. The van der Waals surface area contributed by atoms with E-state index in [0.717, 1.165) is 17.5 Å². The van der Waals surface area contributed by atoms with Crippen molar-refractivity contribution in [1.29, 1.82) is 0 Å². The van der Waals surface area contributed by atoms with E-state index in [0.29, 0.717) is 26.2 Å². The zero-order valence-electron chi connectivity index (χ0n) is 15.6. The number of hydrogen-bond donors (Lipinski definition) is 1. The number of rotatable bonds is 4. The van der Waals surface area contributed by atoms with Gasteiger partial charge in [-0.3, -0.25) is 19.7 Å². The van der Waals surface area contributed by atoms with Crippen LogP contribution in [0.5, 0.6) is 5.75 Å². The normalized spacial score (nSPS) is 13.7. The highest BCUT2D eigenvalue weighted by Gasteiger charge is 2.27. The molecule has 1 heterocycles. The third kappa shape index (κ3) is 4.57. The van der Waals surface area contributed by atoms with Crippen molar-refractivity contribution in [3.63, 3.8) is 0 Å². The molecule has 1 fully saturated rings. The fourth-order valence-corrected chi connectivity index (χ4v) is 3.29. The highest BCUT2D eigenvalue weighted by molar-refractivity contribution is 6.39. The Hall–Kier alpha value is -3.33. The number of nitro groups is 1. The molecule has 29 heavy (non-hydrogen) atoms. The number of carbonyl (C=O) groups excluding carboxylic acids is 2. The smallest absolute Gasteiger partial charge is 0.313 e. The maximum atomic E-state index is 12.5. The van der Waals surface area contributed by atoms with Crippen LogP contribution in [0.4, 0.5) is 17.1 Å². The van der Waals surface area contributed by atoms with Gasteiger partial charge in [0.15, 0.2) is 0 Å². The first-order chi connectivity index (χ1) is 13.9. The quantitative estimate of drug-likeness (QED) is 0.464. The van der Waals surface area contributed by atoms with Crippen molar-refractivity contribution in [3.05, 3.63) is 57.6 Å².